The van der Waals surface area contributed by atoms with Gasteiger partial charge in [0.1, 0.15) is 11.3 Å². The summed E-state index contributed by atoms with van der Waals surface area (Å²) in [4.78, 5) is 49.0. The zero-order valence-corrected chi connectivity index (χ0v) is 19.0. The smallest absolute Gasteiger partial charge is 0.339 e. The molecule has 0 saturated heterocycles. The number of ketones is 2. The van der Waals surface area contributed by atoms with Crippen LogP contribution >= 0.6 is 11.6 Å². The number of aromatic carboxylic acids is 1. The third kappa shape index (κ3) is 5.72. The molecular weight excluding hydrogens is 410 g/mol. The van der Waals surface area contributed by atoms with Crippen molar-refractivity contribution < 1.29 is 29.0 Å². The molecule has 0 amide bonds. The summed E-state index contributed by atoms with van der Waals surface area (Å²) in [6.07, 6.45) is 2.54. The summed E-state index contributed by atoms with van der Waals surface area (Å²) in [5.74, 6) is -2.85. The lowest BCUT2D eigenvalue weighted by molar-refractivity contribution is -0.155. The number of carboxylic acids is 1. The number of halogens is 1. The van der Waals surface area contributed by atoms with E-state index in [-0.39, 0.29) is 35.1 Å². The number of carbonyl (C=O) groups is 4. The molecule has 1 N–H and O–H groups in total. The van der Waals surface area contributed by atoms with Gasteiger partial charge in [-0.25, -0.2) is 4.79 Å². The second-order valence-corrected chi connectivity index (χ2v) is 9.96. The molecule has 8 heteroatoms. The van der Waals surface area contributed by atoms with Crippen LogP contribution in [-0.2, 0) is 27.3 Å². The Labute approximate surface area is 181 Å². The van der Waals surface area contributed by atoms with Crippen LogP contribution in [-0.4, -0.2) is 38.8 Å². The zero-order chi connectivity index (χ0) is 22.9. The molecule has 0 spiro atoms. The molecule has 0 radical (unpaired) electrons. The van der Waals surface area contributed by atoms with Gasteiger partial charge in [-0.3, -0.25) is 14.4 Å². The van der Waals surface area contributed by atoms with Gasteiger partial charge in [0.2, 0.25) is 11.6 Å². The first-order valence-corrected chi connectivity index (χ1v) is 10.5. The second-order valence-electron chi connectivity index (χ2n) is 9.58. The molecule has 1 aliphatic heterocycles. The molecule has 2 rings (SSSR count). The summed E-state index contributed by atoms with van der Waals surface area (Å²) in [6.45, 7) is 9.60. The van der Waals surface area contributed by atoms with E-state index in [1.54, 1.807) is 25.3 Å². The van der Waals surface area contributed by atoms with Crippen LogP contribution in [0.2, 0.25) is 5.02 Å². The number of aromatic nitrogens is 1. The number of esters is 1. The molecule has 166 valence electrons. The van der Waals surface area contributed by atoms with E-state index in [0.717, 1.165) is 0 Å². The fourth-order valence-corrected chi connectivity index (χ4v) is 4.20. The van der Waals surface area contributed by atoms with Crippen molar-refractivity contribution in [3.05, 3.63) is 22.0 Å². The number of hydrogen-bond donors (Lipinski definition) is 1. The van der Waals surface area contributed by atoms with Crippen LogP contribution in [0.3, 0.4) is 0 Å². The summed E-state index contributed by atoms with van der Waals surface area (Å²) in [6, 6.07) is 0. The Balaban J connectivity index is 2.04. The topological polar surface area (TPSA) is 103 Å². The molecule has 0 bridgehead atoms. The quantitative estimate of drug-likeness (QED) is 0.346. The number of carbonyl (C=O) groups excluding carboxylic acids is 3. The Morgan fingerprint density at radius 3 is 2.33 bits per heavy atom. The number of Topliss-reactive ketones (excluding diaryl/α,β-unsaturated/α-hetero) is 2. The number of carboxylic acid groups (broad SMARTS) is 1. The zero-order valence-electron chi connectivity index (χ0n) is 18.3. The maximum Gasteiger partial charge on any atom is 0.339 e. The number of nitrogens with zero attached hydrogens (tertiary/aromatic N) is 1. The lowest BCUT2D eigenvalue weighted by Crippen LogP contribution is -2.26. The van der Waals surface area contributed by atoms with Crippen LogP contribution in [0.15, 0.2) is 0 Å². The van der Waals surface area contributed by atoms with Crippen LogP contribution in [0.4, 0.5) is 0 Å². The third-order valence-electron chi connectivity index (χ3n) is 5.08. The Hall–Kier alpha value is -2.15. The van der Waals surface area contributed by atoms with Crippen LogP contribution in [0.25, 0.3) is 0 Å². The third-order valence-corrected chi connectivity index (χ3v) is 5.45. The van der Waals surface area contributed by atoms with Crippen molar-refractivity contribution >= 4 is 35.1 Å². The molecule has 1 aromatic heterocycles. The number of fused-ring (bicyclic) bond motifs is 1. The molecule has 1 aromatic rings. The van der Waals surface area contributed by atoms with Gasteiger partial charge in [0.25, 0.3) is 0 Å². The van der Waals surface area contributed by atoms with Crippen LogP contribution in [0.5, 0.6) is 0 Å². The van der Waals surface area contributed by atoms with Crippen molar-refractivity contribution in [3.8, 4) is 0 Å². The first-order chi connectivity index (χ1) is 13.7. The average molecular weight is 440 g/mol. The fourth-order valence-electron chi connectivity index (χ4n) is 3.82. The van der Waals surface area contributed by atoms with E-state index in [4.69, 9.17) is 16.3 Å². The van der Waals surface area contributed by atoms with E-state index in [0.29, 0.717) is 37.9 Å². The highest BCUT2D eigenvalue weighted by molar-refractivity contribution is 6.48. The van der Waals surface area contributed by atoms with Gasteiger partial charge in [0.05, 0.1) is 10.6 Å². The minimum atomic E-state index is -1.19. The molecule has 0 atom stereocenters. The lowest BCUT2D eigenvalue weighted by atomic mass is 9.81. The largest absolute Gasteiger partial charge is 0.478 e. The summed E-state index contributed by atoms with van der Waals surface area (Å²) >= 11 is 6.20. The van der Waals surface area contributed by atoms with Crippen molar-refractivity contribution in [1.29, 1.82) is 0 Å². The van der Waals surface area contributed by atoms with Gasteiger partial charge in [-0.2, -0.15) is 0 Å². The van der Waals surface area contributed by atoms with Crippen molar-refractivity contribution in [2.45, 2.75) is 85.3 Å². The van der Waals surface area contributed by atoms with E-state index in [2.05, 4.69) is 0 Å². The first-order valence-electron chi connectivity index (χ1n) is 10.2. The van der Waals surface area contributed by atoms with Crippen LogP contribution < -0.4 is 0 Å². The normalized spacial score (nSPS) is 13.8. The molecule has 1 aliphatic rings. The highest BCUT2D eigenvalue weighted by Crippen LogP contribution is 2.35. The van der Waals surface area contributed by atoms with Gasteiger partial charge in [0.15, 0.2) is 0 Å². The summed E-state index contributed by atoms with van der Waals surface area (Å²) < 4.78 is 6.85. The Bertz CT molecular complexity index is 875. The standard InChI is InChI=1S/C22H30ClNO6/c1-21(2,3)30-15(26)9-6-10-22(4,5)12-14(25)19(27)18-17(23)16(20(28)29)13-8-7-11-24(13)18/h6-12H2,1-5H3,(H,28,29). The fraction of sp³-hybridized carbons (Fsp3) is 0.636. The van der Waals surface area contributed by atoms with Gasteiger partial charge in [-0.1, -0.05) is 25.4 Å². The number of hydrogen-bond acceptors (Lipinski definition) is 5. The predicted molar refractivity (Wildman–Crippen MR) is 112 cm³/mol. The SMILES string of the molecule is CC(C)(CCCC(=O)OC(C)(C)C)CC(=O)C(=O)c1c(Cl)c(C(=O)O)c2n1CCC2. The molecule has 0 aliphatic carbocycles. The first kappa shape index (κ1) is 24.1. The van der Waals surface area contributed by atoms with Crippen molar-refractivity contribution in [2.75, 3.05) is 0 Å². The molecule has 0 saturated carbocycles. The monoisotopic (exact) mass is 439 g/mol. The van der Waals surface area contributed by atoms with E-state index in [1.807, 2.05) is 13.8 Å². The minimum Gasteiger partial charge on any atom is -0.478 e. The summed E-state index contributed by atoms with van der Waals surface area (Å²) in [5, 5.41) is 9.28. The maximum absolute atomic E-state index is 12.9. The molecular formula is C22H30ClNO6. The van der Waals surface area contributed by atoms with Gasteiger partial charge < -0.3 is 14.4 Å². The average Bonchev–Trinajstić information content (AvgIpc) is 3.10. The number of ether oxygens (including phenoxy) is 1. The van der Waals surface area contributed by atoms with E-state index in [1.165, 1.54) is 0 Å². The Morgan fingerprint density at radius 1 is 1.13 bits per heavy atom. The van der Waals surface area contributed by atoms with Crippen molar-refractivity contribution in [1.82, 2.24) is 4.57 Å². The number of rotatable bonds is 9. The van der Waals surface area contributed by atoms with E-state index >= 15 is 0 Å². The lowest BCUT2D eigenvalue weighted by Gasteiger charge is -2.24. The molecule has 0 aromatic carbocycles. The van der Waals surface area contributed by atoms with Crippen LogP contribution in [0.1, 0.15) is 93.3 Å². The maximum atomic E-state index is 12.9. The summed E-state index contributed by atoms with van der Waals surface area (Å²) in [7, 11) is 0. The molecule has 0 fully saturated rings. The molecule has 0 unspecified atom stereocenters. The van der Waals surface area contributed by atoms with E-state index < -0.39 is 28.6 Å². The minimum absolute atomic E-state index is 0.0145. The highest BCUT2D eigenvalue weighted by Gasteiger charge is 2.35. The summed E-state index contributed by atoms with van der Waals surface area (Å²) in [5.41, 5.74) is -0.643. The van der Waals surface area contributed by atoms with E-state index in [9.17, 15) is 24.3 Å². The molecule has 30 heavy (non-hydrogen) atoms. The van der Waals surface area contributed by atoms with Gasteiger partial charge in [-0.05, 0) is 51.9 Å². The van der Waals surface area contributed by atoms with Crippen molar-refractivity contribution in [2.24, 2.45) is 5.41 Å². The van der Waals surface area contributed by atoms with Gasteiger partial charge >= 0.3 is 11.9 Å². The Morgan fingerprint density at radius 2 is 1.77 bits per heavy atom. The van der Waals surface area contributed by atoms with Gasteiger partial charge in [0, 0.05) is 25.1 Å². The van der Waals surface area contributed by atoms with Crippen molar-refractivity contribution in [3.63, 3.8) is 0 Å². The Kier molecular flexibility index (Phi) is 7.17. The molecule has 7 nitrogen and oxygen atoms in total. The molecule has 2 heterocycles. The second kappa shape index (κ2) is 8.92. The van der Waals surface area contributed by atoms with Gasteiger partial charge in [-0.15, -0.1) is 0 Å². The predicted octanol–water partition coefficient (Wildman–Crippen LogP) is 4.47. The highest BCUT2D eigenvalue weighted by atomic mass is 35.5. The van der Waals surface area contributed by atoms with Crippen LogP contribution in [0, 0.1) is 5.41 Å².